The van der Waals surface area contributed by atoms with E-state index in [1.807, 2.05) is 42.0 Å². The largest absolute Gasteiger partial charge is 0.312 e. The van der Waals surface area contributed by atoms with Crippen LogP contribution in [0.15, 0.2) is 66.1 Å². The molecule has 2 heterocycles. The minimum atomic E-state index is -3.69. The van der Waals surface area contributed by atoms with E-state index in [1.54, 1.807) is 35.6 Å². The van der Waals surface area contributed by atoms with Gasteiger partial charge in [0, 0.05) is 37.6 Å². The maximum absolute atomic E-state index is 12.9. The van der Waals surface area contributed by atoms with Crippen molar-refractivity contribution in [1.29, 1.82) is 0 Å². The lowest BCUT2D eigenvalue weighted by Crippen LogP contribution is -2.27. The SMILES string of the molecule is CCC(=O)N1CCc2cc(S(=O)(=O)NCc3ccccc3-n3ccnc3)ccc21. The third-order valence-corrected chi connectivity index (χ3v) is 6.49. The number of para-hydroxylation sites is 1. The third kappa shape index (κ3) is 3.81. The monoisotopic (exact) mass is 410 g/mol. The van der Waals surface area contributed by atoms with Gasteiger partial charge in [-0.05, 0) is 41.8 Å². The van der Waals surface area contributed by atoms with E-state index in [9.17, 15) is 13.2 Å². The van der Waals surface area contributed by atoms with Crippen molar-refractivity contribution in [2.75, 3.05) is 11.4 Å². The molecule has 3 aromatic rings. The van der Waals surface area contributed by atoms with E-state index in [-0.39, 0.29) is 17.3 Å². The van der Waals surface area contributed by atoms with Gasteiger partial charge in [0.2, 0.25) is 15.9 Å². The van der Waals surface area contributed by atoms with Gasteiger partial charge in [-0.3, -0.25) is 4.79 Å². The first-order valence-electron chi connectivity index (χ1n) is 9.49. The fourth-order valence-corrected chi connectivity index (χ4v) is 4.62. The summed E-state index contributed by atoms with van der Waals surface area (Å²) in [6, 6.07) is 12.5. The van der Waals surface area contributed by atoms with Crippen LogP contribution in [0.2, 0.25) is 0 Å². The molecule has 150 valence electrons. The van der Waals surface area contributed by atoms with Gasteiger partial charge in [-0.15, -0.1) is 0 Å². The average Bonchev–Trinajstić information content (AvgIpc) is 3.41. The van der Waals surface area contributed by atoms with Crippen molar-refractivity contribution in [3.8, 4) is 5.69 Å². The molecule has 1 aliphatic rings. The first kappa shape index (κ1) is 19.4. The number of carbonyl (C=O) groups excluding carboxylic acids is 1. The van der Waals surface area contributed by atoms with Crippen LogP contribution in [-0.2, 0) is 27.8 Å². The third-order valence-electron chi connectivity index (χ3n) is 5.09. The molecule has 0 atom stereocenters. The average molecular weight is 410 g/mol. The Bertz CT molecular complexity index is 1140. The van der Waals surface area contributed by atoms with E-state index in [0.29, 0.717) is 19.4 Å². The molecule has 1 amide bonds. The molecule has 8 heteroatoms. The van der Waals surface area contributed by atoms with E-state index < -0.39 is 10.0 Å². The summed E-state index contributed by atoms with van der Waals surface area (Å²) >= 11 is 0. The summed E-state index contributed by atoms with van der Waals surface area (Å²) in [7, 11) is -3.69. The highest BCUT2D eigenvalue weighted by Gasteiger charge is 2.25. The van der Waals surface area contributed by atoms with Gasteiger partial charge in [0.05, 0.1) is 16.9 Å². The molecule has 1 aliphatic heterocycles. The van der Waals surface area contributed by atoms with Gasteiger partial charge in [-0.25, -0.2) is 18.1 Å². The van der Waals surface area contributed by atoms with Crippen LogP contribution in [0.4, 0.5) is 5.69 Å². The van der Waals surface area contributed by atoms with E-state index in [1.165, 1.54) is 0 Å². The molecule has 0 saturated carbocycles. The number of amides is 1. The lowest BCUT2D eigenvalue weighted by molar-refractivity contribution is -0.118. The summed E-state index contributed by atoms with van der Waals surface area (Å²) in [5, 5.41) is 0. The number of hydrogen-bond donors (Lipinski definition) is 1. The Kier molecular flexibility index (Phi) is 5.21. The first-order valence-corrected chi connectivity index (χ1v) is 11.0. The van der Waals surface area contributed by atoms with Crippen LogP contribution in [0.25, 0.3) is 5.69 Å². The highest BCUT2D eigenvalue weighted by atomic mass is 32.2. The van der Waals surface area contributed by atoms with Crippen LogP contribution >= 0.6 is 0 Å². The number of carbonyl (C=O) groups is 1. The summed E-state index contributed by atoms with van der Waals surface area (Å²) in [6.07, 6.45) is 6.26. The van der Waals surface area contributed by atoms with E-state index in [2.05, 4.69) is 9.71 Å². The molecule has 1 N–H and O–H groups in total. The Morgan fingerprint density at radius 3 is 2.76 bits per heavy atom. The number of nitrogens with one attached hydrogen (secondary N) is 1. The molecule has 0 unspecified atom stereocenters. The molecule has 29 heavy (non-hydrogen) atoms. The number of benzene rings is 2. The summed E-state index contributed by atoms with van der Waals surface area (Å²) in [5.74, 6) is 0.0496. The van der Waals surface area contributed by atoms with E-state index in [4.69, 9.17) is 0 Å². The number of nitrogens with zero attached hydrogens (tertiary/aromatic N) is 3. The second-order valence-electron chi connectivity index (χ2n) is 6.86. The van der Waals surface area contributed by atoms with Gasteiger partial charge in [0.25, 0.3) is 0 Å². The van der Waals surface area contributed by atoms with Crippen molar-refractivity contribution < 1.29 is 13.2 Å². The molecule has 0 saturated heterocycles. The Balaban J connectivity index is 1.55. The molecule has 0 fully saturated rings. The number of hydrogen-bond acceptors (Lipinski definition) is 4. The van der Waals surface area contributed by atoms with Crippen LogP contribution in [0.5, 0.6) is 0 Å². The molecule has 0 aliphatic carbocycles. The summed E-state index contributed by atoms with van der Waals surface area (Å²) in [4.78, 5) is 18.0. The van der Waals surface area contributed by atoms with Gasteiger partial charge in [0.1, 0.15) is 0 Å². The van der Waals surface area contributed by atoms with E-state index >= 15 is 0 Å². The molecule has 0 radical (unpaired) electrons. The Hall–Kier alpha value is -2.97. The standard InChI is InChI=1S/C21H22N4O3S/c1-2-21(26)25-11-9-16-13-18(7-8-20(16)25)29(27,28)23-14-17-5-3-4-6-19(17)24-12-10-22-15-24/h3-8,10,12-13,15,23H,2,9,11,14H2,1H3. The maximum Gasteiger partial charge on any atom is 0.240 e. The van der Waals surface area contributed by atoms with Crippen molar-refractivity contribution in [2.24, 2.45) is 0 Å². The van der Waals surface area contributed by atoms with Crippen molar-refractivity contribution in [2.45, 2.75) is 31.2 Å². The summed E-state index contributed by atoms with van der Waals surface area (Å²) in [5.41, 5.74) is 3.40. The molecule has 4 rings (SSSR count). The lowest BCUT2D eigenvalue weighted by atomic mass is 10.2. The van der Waals surface area contributed by atoms with Gasteiger partial charge < -0.3 is 9.47 Å². The van der Waals surface area contributed by atoms with Gasteiger partial charge in [0.15, 0.2) is 0 Å². The highest BCUT2D eigenvalue weighted by molar-refractivity contribution is 7.89. The molecular formula is C21H22N4O3S. The number of fused-ring (bicyclic) bond motifs is 1. The van der Waals surface area contributed by atoms with Crippen molar-refractivity contribution in [3.05, 3.63) is 72.3 Å². The number of anilines is 1. The summed E-state index contributed by atoms with van der Waals surface area (Å²) in [6.45, 7) is 2.58. The molecule has 1 aromatic heterocycles. The molecule has 2 aromatic carbocycles. The van der Waals surface area contributed by atoms with Gasteiger partial charge in [-0.1, -0.05) is 25.1 Å². The number of rotatable bonds is 6. The second kappa shape index (κ2) is 7.81. The van der Waals surface area contributed by atoms with Crippen LogP contribution in [0.1, 0.15) is 24.5 Å². The molecule has 7 nitrogen and oxygen atoms in total. The van der Waals surface area contributed by atoms with Crippen LogP contribution in [0.3, 0.4) is 0 Å². The predicted molar refractivity (Wildman–Crippen MR) is 110 cm³/mol. The maximum atomic E-state index is 12.9. The zero-order valence-corrected chi connectivity index (χ0v) is 16.9. The highest BCUT2D eigenvalue weighted by Crippen LogP contribution is 2.30. The lowest BCUT2D eigenvalue weighted by Gasteiger charge is -2.16. The van der Waals surface area contributed by atoms with Crippen molar-refractivity contribution in [3.63, 3.8) is 0 Å². The van der Waals surface area contributed by atoms with Crippen LogP contribution in [-0.4, -0.2) is 30.4 Å². The topological polar surface area (TPSA) is 84.3 Å². The first-order chi connectivity index (χ1) is 14.0. The molecule has 0 bridgehead atoms. The minimum Gasteiger partial charge on any atom is -0.312 e. The smallest absolute Gasteiger partial charge is 0.240 e. The Morgan fingerprint density at radius 2 is 2.00 bits per heavy atom. The summed E-state index contributed by atoms with van der Waals surface area (Å²) < 4.78 is 30.3. The number of sulfonamides is 1. The normalized spacial score (nSPS) is 13.5. The molecular weight excluding hydrogens is 388 g/mol. The Morgan fingerprint density at radius 1 is 1.17 bits per heavy atom. The van der Waals surface area contributed by atoms with Gasteiger partial charge >= 0.3 is 0 Å². The number of aromatic nitrogens is 2. The zero-order chi connectivity index (χ0) is 20.4. The van der Waals surface area contributed by atoms with Crippen molar-refractivity contribution >= 4 is 21.6 Å². The zero-order valence-electron chi connectivity index (χ0n) is 16.1. The number of imidazole rings is 1. The second-order valence-corrected chi connectivity index (χ2v) is 8.63. The Labute approximate surface area is 170 Å². The fraction of sp³-hybridized carbons (Fsp3) is 0.238. The fourth-order valence-electron chi connectivity index (χ4n) is 3.57. The predicted octanol–water partition coefficient (Wildman–Crippen LogP) is 2.65. The quantitative estimate of drug-likeness (QED) is 0.677. The van der Waals surface area contributed by atoms with Crippen LogP contribution < -0.4 is 9.62 Å². The minimum absolute atomic E-state index is 0.0496. The molecule has 0 spiro atoms. The van der Waals surface area contributed by atoms with Gasteiger partial charge in [-0.2, -0.15) is 0 Å². The van der Waals surface area contributed by atoms with Crippen LogP contribution in [0, 0.1) is 0 Å². The van der Waals surface area contributed by atoms with E-state index in [0.717, 1.165) is 22.5 Å². The van der Waals surface area contributed by atoms with Crippen molar-refractivity contribution in [1.82, 2.24) is 14.3 Å².